The molecular formula is C41H71MnN5O4. The van der Waals surface area contributed by atoms with Gasteiger partial charge < -0.3 is 31.5 Å². The van der Waals surface area contributed by atoms with E-state index in [-0.39, 0.29) is 17.1 Å². The van der Waals surface area contributed by atoms with Crippen LogP contribution >= 0.6 is 0 Å². The van der Waals surface area contributed by atoms with Crippen LogP contribution < -0.4 is 21.3 Å². The van der Waals surface area contributed by atoms with Gasteiger partial charge in [0.2, 0.25) is 0 Å². The molecule has 3 unspecified atom stereocenters. The van der Waals surface area contributed by atoms with Crippen LogP contribution in [0.2, 0.25) is 0 Å². The molecule has 6 N–H and O–H groups in total. The number of carboxylic acid groups (broad SMARTS) is 2. The van der Waals surface area contributed by atoms with Gasteiger partial charge in [-0.25, -0.2) is 0 Å². The quantitative estimate of drug-likeness (QED) is 0.148. The molecule has 6 rings (SSSR count). The summed E-state index contributed by atoms with van der Waals surface area (Å²) in [6.45, 7) is 3.89. The topological polar surface area (TPSA) is 136 Å². The molecule has 10 heteroatoms. The number of carbonyl (C=O) groups is 2. The first-order valence-corrected chi connectivity index (χ1v) is 20.8. The van der Waals surface area contributed by atoms with Crippen LogP contribution in [0.1, 0.15) is 165 Å². The molecule has 4 fully saturated rings. The predicted octanol–water partition coefficient (Wildman–Crippen LogP) is 7.72. The maximum atomic E-state index is 10.2. The third-order valence-corrected chi connectivity index (χ3v) is 11.9. The Labute approximate surface area is 319 Å². The van der Waals surface area contributed by atoms with E-state index >= 15 is 0 Å². The largest absolute Gasteiger partial charge is 0.481 e. The van der Waals surface area contributed by atoms with Crippen molar-refractivity contribution in [3.8, 4) is 0 Å². The van der Waals surface area contributed by atoms with Crippen molar-refractivity contribution in [2.45, 2.75) is 191 Å². The molecule has 291 valence electrons. The third-order valence-electron chi connectivity index (χ3n) is 11.9. The maximum absolute atomic E-state index is 10.2. The molecule has 0 saturated heterocycles. The van der Waals surface area contributed by atoms with E-state index in [9.17, 15) is 9.59 Å². The van der Waals surface area contributed by atoms with E-state index < -0.39 is 11.9 Å². The van der Waals surface area contributed by atoms with Gasteiger partial charge in [-0.1, -0.05) is 96.0 Å². The minimum atomic E-state index is -0.647. The standard InChI is InChI=1S/C21H35N5.2C10H18O2.Mn/c1-3-10-20-18(8-1)22-12-13-23-19-9-2-4-11-21(19)25-15-17-7-5-6-16(26-17)14-24-20;2*11-10(12)8-4-7-9-5-2-1-3-6-9;/h5-7,18-25H,1-4,8-15H2;2*9H,1-8H2,(H,11,12);/t18?,19?,20-,21?;;;/m1.../s1. The van der Waals surface area contributed by atoms with Crippen LogP contribution in [0.15, 0.2) is 18.2 Å². The van der Waals surface area contributed by atoms with Gasteiger partial charge in [0.15, 0.2) is 0 Å². The second kappa shape index (κ2) is 26.3. The number of aromatic nitrogens is 1. The van der Waals surface area contributed by atoms with Gasteiger partial charge >= 0.3 is 11.9 Å². The molecule has 1 aromatic rings. The number of nitrogens with one attached hydrogen (secondary N) is 4. The van der Waals surface area contributed by atoms with Gasteiger partial charge in [-0.2, -0.15) is 0 Å². The number of fused-ring (bicyclic) bond motifs is 4. The van der Waals surface area contributed by atoms with Crippen molar-refractivity contribution in [3.05, 3.63) is 29.6 Å². The normalized spacial score (nSPS) is 26.4. The number of hydrogen-bond donors (Lipinski definition) is 6. The molecule has 5 aliphatic rings. The first-order valence-electron chi connectivity index (χ1n) is 20.8. The first kappa shape index (κ1) is 43.9. The molecule has 9 nitrogen and oxygen atoms in total. The van der Waals surface area contributed by atoms with Crippen molar-refractivity contribution in [2.24, 2.45) is 11.8 Å². The zero-order valence-electron chi connectivity index (χ0n) is 31.5. The fraction of sp³-hybridized carbons (Fsp3) is 0.829. The Morgan fingerprint density at radius 3 is 1.27 bits per heavy atom. The van der Waals surface area contributed by atoms with Crippen molar-refractivity contribution < 1.29 is 36.9 Å². The average Bonchev–Trinajstić information content (AvgIpc) is 3.14. The van der Waals surface area contributed by atoms with E-state index in [2.05, 4.69) is 39.5 Å². The summed E-state index contributed by atoms with van der Waals surface area (Å²) >= 11 is 0. The van der Waals surface area contributed by atoms with Crippen LogP contribution in [-0.4, -0.2) is 64.4 Å². The van der Waals surface area contributed by atoms with Gasteiger partial charge in [0.05, 0.1) is 11.4 Å². The number of pyridine rings is 1. The number of nitrogens with zero attached hydrogens (tertiary/aromatic N) is 1. The number of hydrogen-bond acceptors (Lipinski definition) is 7. The van der Waals surface area contributed by atoms with Crippen molar-refractivity contribution in [1.82, 2.24) is 26.3 Å². The van der Waals surface area contributed by atoms with Gasteiger partial charge in [-0.15, -0.1) is 0 Å². The minimum absolute atomic E-state index is 0. The van der Waals surface area contributed by atoms with E-state index in [1.807, 2.05) is 0 Å². The zero-order chi connectivity index (χ0) is 35.2. The van der Waals surface area contributed by atoms with Crippen LogP contribution in [0.25, 0.3) is 0 Å². The van der Waals surface area contributed by atoms with E-state index in [1.54, 1.807) is 0 Å². The maximum Gasteiger partial charge on any atom is 0.303 e. The summed E-state index contributed by atoms with van der Waals surface area (Å²) < 4.78 is 0. The van der Waals surface area contributed by atoms with Crippen molar-refractivity contribution in [1.29, 1.82) is 0 Å². The fourth-order valence-electron chi connectivity index (χ4n) is 8.99. The summed E-state index contributed by atoms with van der Waals surface area (Å²) in [5.74, 6) is 0.368. The molecule has 0 aromatic carbocycles. The molecule has 2 bridgehead atoms. The van der Waals surface area contributed by atoms with Crippen molar-refractivity contribution in [2.75, 3.05) is 13.1 Å². The summed E-state index contributed by atoms with van der Waals surface area (Å²) in [6, 6.07) is 8.81. The number of rotatable bonds is 8. The second-order valence-electron chi connectivity index (χ2n) is 15.9. The van der Waals surface area contributed by atoms with E-state index in [4.69, 9.17) is 15.2 Å². The summed E-state index contributed by atoms with van der Waals surface area (Å²) in [4.78, 5) is 25.4. The molecule has 1 aliphatic heterocycles. The Balaban J connectivity index is 0.000000235. The second-order valence-corrected chi connectivity index (χ2v) is 15.9. The number of aliphatic carboxylic acids is 2. The third kappa shape index (κ3) is 18.4. The fourth-order valence-corrected chi connectivity index (χ4v) is 8.99. The molecule has 1 aromatic heterocycles. The summed E-state index contributed by atoms with van der Waals surface area (Å²) in [5, 5.41) is 32.1. The van der Waals surface area contributed by atoms with Gasteiger partial charge in [-0.3, -0.25) is 14.6 Å². The van der Waals surface area contributed by atoms with Gasteiger partial charge in [0.1, 0.15) is 0 Å². The zero-order valence-corrected chi connectivity index (χ0v) is 32.7. The SMILES string of the molecule is O=C(O)CCCC1CCCCC1.O=C(O)CCCC1CCCCC1.[Mn].c1cc2nc(c1)CN[C@@H]1CCCCC1NCCNC1CCCCC1NC2. The van der Waals surface area contributed by atoms with Crippen LogP contribution in [0.3, 0.4) is 0 Å². The van der Waals surface area contributed by atoms with E-state index in [0.29, 0.717) is 37.0 Å². The molecule has 4 saturated carbocycles. The molecule has 4 atom stereocenters. The van der Waals surface area contributed by atoms with Crippen LogP contribution in [-0.2, 0) is 39.7 Å². The molecular weight excluding hydrogens is 681 g/mol. The average molecular weight is 753 g/mol. The van der Waals surface area contributed by atoms with Gasteiger partial charge in [-0.05, 0) is 75.3 Å². The molecule has 4 aliphatic carbocycles. The van der Waals surface area contributed by atoms with E-state index in [1.165, 1.54) is 127 Å². The minimum Gasteiger partial charge on any atom is -0.481 e. The summed E-state index contributed by atoms with van der Waals surface area (Å²) in [6.07, 6.45) is 28.8. The van der Waals surface area contributed by atoms with Crippen LogP contribution in [0.5, 0.6) is 0 Å². The summed E-state index contributed by atoms with van der Waals surface area (Å²) in [5.41, 5.74) is 2.34. The Morgan fingerprint density at radius 2 is 0.902 bits per heavy atom. The molecule has 0 amide bonds. The van der Waals surface area contributed by atoms with Crippen molar-refractivity contribution >= 4 is 11.9 Å². The van der Waals surface area contributed by atoms with Crippen LogP contribution in [0.4, 0.5) is 0 Å². The Bertz CT molecular complexity index is 1000. The first-order chi connectivity index (χ1) is 24.5. The van der Waals surface area contributed by atoms with Gasteiger partial charge in [0, 0.05) is 80.3 Å². The van der Waals surface area contributed by atoms with Crippen molar-refractivity contribution in [3.63, 3.8) is 0 Å². The summed E-state index contributed by atoms with van der Waals surface area (Å²) in [7, 11) is 0. The molecule has 2 heterocycles. The van der Waals surface area contributed by atoms with E-state index in [0.717, 1.165) is 63.7 Å². The Kier molecular flexibility index (Phi) is 22.6. The number of carboxylic acids is 2. The molecule has 0 spiro atoms. The van der Waals surface area contributed by atoms with Crippen LogP contribution in [0, 0.1) is 11.8 Å². The molecule has 51 heavy (non-hydrogen) atoms. The smallest absolute Gasteiger partial charge is 0.303 e. The molecule has 1 radical (unpaired) electrons. The monoisotopic (exact) mass is 752 g/mol. The Hall–Kier alpha value is -1.55. The van der Waals surface area contributed by atoms with Gasteiger partial charge in [0.25, 0.3) is 0 Å². The Morgan fingerprint density at radius 1 is 0.549 bits per heavy atom. The predicted molar refractivity (Wildman–Crippen MR) is 202 cm³/mol.